The van der Waals surface area contributed by atoms with Gasteiger partial charge in [-0.15, -0.1) is 0 Å². The zero-order valence-corrected chi connectivity index (χ0v) is 28.0. The summed E-state index contributed by atoms with van der Waals surface area (Å²) >= 11 is 0. The highest BCUT2D eigenvalue weighted by atomic mass is 19.4. The van der Waals surface area contributed by atoms with Crippen LogP contribution in [0.3, 0.4) is 0 Å². The first kappa shape index (κ1) is 47.0. The molecule has 0 spiro atoms. The number of nitrogens with zero attached hydrogens (tertiary/aromatic N) is 2. The summed E-state index contributed by atoms with van der Waals surface area (Å²) in [6, 6.07) is 6.74. The Morgan fingerprint density at radius 2 is 1.17 bits per heavy atom. The van der Waals surface area contributed by atoms with E-state index in [2.05, 4.69) is 26.4 Å². The second kappa shape index (κ2) is 19.1. The lowest BCUT2D eigenvalue weighted by Gasteiger charge is -2.36. The van der Waals surface area contributed by atoms with E-state index in [1.165, 1.54) is 17.6 Å². The molecule has 2 rings (SSSR count). The summed E-state index contributed by atoms with van der Waals surface area (Å²) < 4.78 is 228. The maximum atomic E-state index is 13.9. The minimum absolute atomic E-state index is 0.0662. The molecule has 0 N–H and O–H groups in total. The van der Waals surface area contributed by atoms with Crippen molar-refractivity contribution in [2.24, 2.45) is 0 Å². The van der Waals surface area contributed by atoms with E-state index in [1.54, 1.807) is 36.7 Å². The number of aromatic nitrogens is 2. The van der Waals surface area contributed by atoms with Crippen molar-refractivity contribution in [3.05, 3.63) is 42.2 Å². The summed E-state index contributed by atoms with van der Waals surface area (Å²) in [6.07, 6.45) is -27.4. The van der Waals surface area contributed by atoms with Crippen molar-refractivity contribution in [3.63, 3.8) is 0 Å². The minimum Gasteiger partial charge on any atom is -0.494 e. The van der Waals surface area contributed by atoms with Crippen LogP contribution < -0.4 is 4.74 Å². The van der Waals surface area contributed by atoms with E-state index in [9.17, 15) is 70.2 Å². The van der Waals surface area contributed by atoms with Crippen LogP contribution in [0.4, 0.5) is 70.2 Å². The molecular weight excluding hydrogens is 784 g/mol. The van der Waals surface area contributed by atoms with Gasteiger partial charge in [0, 0.05) is 31.0 Å². The van der Waals surface area contributed by atoms with E-state index in [4.69, 9.17) is 9.47 Å². The Morgan fingerprint density at radius 1 is 0.611 bits per heavy atom. The van der Waals surface area contributed by atoms with Crippen LogP contribution in [0.2, 0.25) is 0 Å². The van der Waals surface area contributed by atoms with Gasteiger partial charge in [-0.2, -0.15) is 65.9 Å². The SMILES string of the molecule is CCCCCCCc1cnc(-c2ccc(OCCCOCC(F)COCC(F)(F)OC(F)(F)C(F)(F)OC(F)(F)C(F)(F)C(F)(F)C(F)(F)F)cc2)nc1. The molecule has 7 nitrogen and oxygen atoms in total. The van der Waals surface area contributed by atoms with Crippen LogP contribution in [0.25, 0.3) is 11.4 Å². The molecule has 0 bridgehead atoms. The lowest BCUT2D eigenvalue weighted by Crippen LogP contribution is -2.64. The fraction of sp³-hybridized carbons (Fsp3) is 0.677. The molecule has 54 heavy (non-hydrogen) atoms. The predicted molar refractivity (Wildman–Crippen MR) is 154 cm³/mol. The van der Waals surface area contributed by atoms with E-state index in [1.807, 2.05) is 0 Å². The second-order valence-electron chi connectivity index (χ2n) is 11.5. The lowest BCUT2D eigenvalue weighted by atomic mass is 10.1. The maximum Gasteiger partial charge on any atom is 0.460 e. The molecule has 0 saturated heterocycles. The number of unbranched alkanes of at least 4 members (excludes halogenated alkanes) is 4. The van der Waals surface area contributed by atoms with Crippen molar-refractivity contribution in [2.75, 3.05) is 33.0 Å². The summed E-state index contributed by atoms with van der Waals surface area (Å²) in [5.74, 6) is -14.8. The van der Waals surface area contributed by atoms with Gasteiger partial charge in [-0.3, -0.25) is 0 Å². The molecule has 1 aromatic carbocycles. The molecule has 0 aliphatic heterocycles. The second-order valence-corrected chi connectivity index (χ2v) is 11.5. The lowest BCUT2D eigenvalue weighted by molar-refractivity contribution is -0.543. The fourth-order valence-corrected chi connectivity index (χ4v) is 4.10. The van der Waals surface area contributed by atoms with Gasteiger partial charge < -0.3 is 14.2 Å². The van der Waals surface area contributed by atoms with E-state index in [0.717, 1.165) is 36.8 Å². The molecule has 1 aromatic heterocycles. The van der Waals surface area contributed by atoms with Crippen LogP contribution >= 0.6 is 0 Å². The Balaban J connectivity index is 1.72. The summed E-state index contributed by atoms with van der Waals surface area (Å²) in [6.45, 7) is -2.69. The van der Waals surface area contributed by atoms with Gasteiger partial charge in [0.05, 0.1) is 19.8 Å². The van der Waals surface area contributed by atoms with Gasteiger partial charge in [-0.05, 0) is 42.7 Å². The molecule has 0 saturated carbocycles. The quantitative estimate of drug-likeness (QED) is 0.0730. The van der Waals surface area contributed by atoms with Gasteiger partial charge in [0.15, 0.2) is 5.82 Å². The first-order chi connectivity index (χ1) is 24.8. The largest absolute Gasteiger partial charge is 0.494 e. The molecule has 0 amide bonds. The highest BCUT2D eigenvalue weighted by molar-refractivity contribution is 5.55. The van der Waals surface area contributed by atoms with Gasteiger partial charge >= 0.3 is 42.5 Å². The number of halogens is 16. The zero-order chi connectivity index (χ0) is 41.1. The standard InChI is InChI=1S/C31H34F16N2O5/c1-2-3-4-5-6-8-20-15-48-24(49-16-20)21-9-11-23(12-10-21)52-14-7-13-50-17-22(32)18-51-19-25(33,34)53-30(44,45)31(46,47)54-29(42,43)27(37,38)26(35,36)28(39,40)41/h9-12,15-16,22H,2-8,13-14,17-19H2,1H3. The van der Waals surface area contributed by atoms with Crippen molar-refractivity contribution < 1.29 is 93.9 Å². The third kappa shape index (κ3) is 13.2. The topological polar surface area (TPSA) is 71.9 Å². The number of rotatable bonds is 25. The number of aryl methyl sites for hydroxylation is 1. The Morgan fingerprint density at radius 3 is 1.74 bits per heavy atom. The molecule has 1 heterocycles. The number of hydrogen-bond donors (Lipinski definition) is 0. The van der Waals surface area contributed by atoms with Crippen LogP contribution in [-0.2, 0) is 25.4 Å². The Bertz CT molecular complexity index is 1400. The fourth-order valence-electron chi connectivity index (χ4n) is 4.10. The highest BCUT2D eigenvalue weighted by Gasteiger charge is 2.85. The van der Waals surface area contributed by atoms with Gasteiger partial charge in [0.25, 0.3) is 0 Å². The van der Waals surface area contributed by atoms with Crippen LogP contribution in [0.5, 0.6) is 5.75 Å². The molecule has 2 aromatic rings. The number of ether oxygens (including phenoxy) is 5. The van der Waals surface area contributed by atoms with E-state index in [-0.39, 0.29) is 19.6 Å². The molecule has 1 unspecified atom stereocenters. The highest BCUT2D eigenvalue weighted by Crippen LogP contribution is 2.56. The number of benzene rings is 1. The molecule has 23 heteroatoms. The monoisotopic (exact) mass is 818 g/mol. The molecule has 310 valence electrons. The summed E-state index contributed by atoms with van der Waals surface area (Å²) in [7, 11) is 0. The molecule has 0 fully saturated rings. The summed E-state index contributed by atoms with van der Waals surface area (Å²) in [5.41, 5.74) is 1.76. The van der Waals surface area contributed by atoms with Crippen molar-refractivity contribution >= 4 is 0 Å². The number of alkyl halides is 16. The normalized spacial score (nSPS) is 14.4. The maximum absolute atomic E-state index is 13.9. The van der Waals surface area contributed by atoms with Crippen molar-refractivity contribution in [1.82, 2.24) is 9.97 Å². The van der Waals surface area contributed by atoms with Gasteiger partial charge in [0.1, 0.15) is 18.5 Å². The van der Waals surface area contributed by atoms with Gasteiger partial charge in [-0.25, -0.2) is 23.8 Å². The average molecular weight is 819 g/mol. The van der Waals surface area contributed by atoms with Gasteiger partial charge in [0.2, 0.25) is 0 Å². The molecule has 0 aliphatic carbocycles. The first-order valence-corrected chi connectivity index (χ1v) is 15.9. The molecule has 1 atom stereocenters. The predicted octanol–water partition coefficient (Wildman–Crippen LogP) is 10.0. The van der Waals surface area contributed by atoms with Crippen molar-refractivity contribution in [3.8, 4) is 17.1 Å². The van der Waals surface area contributed by atoms with Crippen LogP contribution in [-0.4, -0.2) is 91.6 Å². The van der Waals surface area contributed by atoms with Crippen LogP contribution in [0, 0.1) is 0 Å². The van der Waals surface area contributed by atoms with Gasteiger partial charge in [-0.1, -0.05) is 32.6 Å². The zero-order valence-electron chi connectivity index (χ0n) is 28.0. The Kier molecular flexibility index (Phi) is 16.6. The Labute approximate surface area is 297 Å². The molecule has 0 radical (unpaired) electrons. The van der Waals surface area contributed by atoms with E-state index < -0.39 is 68.4 Å². The first-order valence-electron chi connectivity index (χ1n) is 15.9. The summed E-state index contributed by atoms with van der Waals surface area (Å²) in [5, 5.41) is 0. The third-order valence-corrected chi connectivity index (χ3v) is 6.94. The van der Waals surface area contributed by atoms with E-state index in [0.29, 0.717) is 11.6 Å². The third-order valence-electron chi connectivity index (χ3n) is 6.94. The molecule has 0 aliphatic rings. The smallest absolute Gasteiger partial charge is 0.460 e. The summed E-state index contributed by atoms with van der Waals surface area (Å²) in [4.78, 5) is 8.77. The van der Waals surface area contributed by atoms with Crippen LogP contribution in [0.15, 0.2) is 36.7 Å². The van der Waals surface area contributed by atoms with Crippen LogP contribution in [0.1, 0.15) is 51.0 Å². The minimum atomic E-state index is -7.96. The van der Waals surface area contributed by atoms with Crippen molar-refractivity contribution in [2.45, 2.75) is 100 Å². The average Bonchev–Trinajstić information content (AvgIpc) is 3.05. The molecular formula is C31H34F16N2O5. The Hall–Kier alpha value is -3.18. The van der Waals surface area contributed by atoms with Crippen molar-refractivity contribution in [1.29, 1.82) is 0 Å². The number of hydrogen-bond acceptors (Lipinski definition) is 7. The van der Waals surface area contributed by atoms with E-state index >= 15 is 0 Å².